The Morgan fingerprint density at radius 3 is 1.48 bits per heavy atom. The third kappa shape index (κ3) is 17.3. The van der Waals surface area contributed by atoms with Gasteiger partial charge in [-0.15, -0.1) is 22.7 Å². The van der Waals surface area contributed by atoms with E-state index in [0.29, 0.717) is 28.4 Å². The van der Waals surface area contributed by atoms with E-state index in [1.165, 1.54) is 23.5 Å². The minimum atomic E-state index is -3.77. The van der Waals surface area contributed by atoms with Gasteiger partial charge in [0.15, 0.2) is 0 Å². The van der Waals surface area contributed by atoms with E-state index in [4.69, 9.17) is 20.9 Å². The SMILES string of the molecule is CC(C)(C)NS(=O)(=O)c1cc(N)ccc1-c1cnc(C2CC(NC(=O)OC(C)(C)C)C2)s1.CC(C)(C)OC(=O)NC1CC(c2ncc(Br)s2)C1.Cc1ccc(N)cc1S(=O)(=O)NC(C)(C)C. The quantitative estimate of drug-likeness (QED) is 0.0858. The molecule has 16 nitrogen and oxygen atoms in total. The van der Waals surface area contributed by atoms with E-state index in [-0.39, 0.29) is 33.9 Å². The summed E-state index contributed by atoms with van der Waals surface area (Å²) in [5, 5.41) is 7.83. The second-order valence-electron chi connectivity index (χ2n) is 20.6. The monoisotopic (exact) mass is 1050 g/mol. The molecule has 4 aromatic rings. The summed E-state index contributed by atoms with van der Waals surface area (Å²) in [6.07, 6.45) is 6.22. The smallest absolute Gasteiger partial charge is 0.407 e. The molecule has 2 aliphatic rings. The van der Waals surface area contributed by atoms with Gasteiger partial charge in [-0.2, -0.15) is 0 Å². The summed E-state index contributed by atoms with van der Waals surface area (Å²) in [6.45, 7) is 23.6. The van der Waals surface area contributed by atoms with Crippen LogP contribution in [0.1, 0.15) is 136 Å². The molecule has 0 atom stereocenters. The molecule has 0 aliphatic heterocycles. The van der Waals surface area contributed by atoms with Crippen molar-refractivity contribution in [3.8, 4) is 10.4 Å². The number of hydrogen-bond acceptors (Lipinski definition) is 14. The van der Waals surface area contributed by atoms with Crippen LogP contribution in [-0.4, -0.2) is 73.4 Å². The second kappa shape index (κ2) is 21.2. The van der Waals surface area contributed by atoms with E-state index >= 15 is 0 Å². The van der Waals surface area contributed by atoms with Gasteiger partial charge in [0.05, 0.1) is 34.7 Å². The summed E-state index contributed by atoms with van der Waals surface area (Å²) in [7, 11) is -7.27. The molecular weight excluding hydrogens is 989 g/mol. The number of ether oxygens (including phenoxy) is 2. The molecule has 8 N–H and O–H groups in total. The molecule has 0 radical (unpaired) electrons. The number of nitrogens with zero attached hydrogens (tertiary/aromatic N) is 2. The molecule has 0 unspecified atom stereocenters. The lowest BCUT2D eigenvalue weighted by atomic mass is 9.81. The highest BCUT2D eigenvalue weighted by Gasteiger charge is 2.36. The first kappa shape index (κ1) is 54.7. The van der Waals surface area contributed by atoms with Crippen molar-refractivity contribution in [1.82, 2.24) is 30.0 Å². The number of nitrogen functional groups attached to an aromatic ring is 2. The lowest BCUT2D eigenvalue weighted by molar-refractivity contribution is 0.0459. The molecule has 2 amide bonds. The average Bonchev–Trinajstić information content (AvgIpc) is 3.75. The Bertz CT molecular complexity index is 2540. The van der Waals surface area contributed by atoms with E-state index in [2.05, 4.69) is 46.0 Å². The van der Waals surface area contributed by atoms with Gasteiger partial charge < -0.3 is 31.6 Å². The molecule has 2 aromatic carbocycles. The van der Waals surface area contributed by atoms with Crippen LogP contribution in [-0.2, 0) is 29.5 Å². The van der Waals surface area contributed by atoms with Crippen LogP contribution in [0.2, 0.25) is 0 Å². The fourth-order valence-electron chi connectivity index (χ4n) is 6.67. The van der Waals surface area contributed by atoms with Crippen LogP contribution in [0.5, 0.6) is 0 Å². The Kier molecular flexibility index (Phi) is 17.6. The van der Waals surface area contributed by atoms with Crippen LogP contribution in [0.25, 0.3) is 10.4 Å². The number of aromatic nitrogens is 2. The van der Waals surface area contributed by atoms with E-state index in [0.717, 1.165) is 44.4 Å². The standard InChI is InChI=1S/C22H32N4O4S2.C12H17BrN2O2S.C11H18N2O2S/c1-21(2,3)26-32(28,29)18-11-14(23)7-8-16(18)17-12-24-19(31-17)13-9-15(10-13)25-20(27)30-22(4,5)6;1-12(2,3)17-11(16)15-8-4-7(5-8)10-14-6-9(13)18-10;1-8-5-6-9(12)7-10(8)16(14,15)13-11(2,3)4/h7-8,11-13,15,26H,9-10,23H2,1-6H3,(H,25,27);6-8H,4-5H2,1-3H3,(H,15,16);5-7,13H,12H2,1-4H3. The summed E-state index contributed by atoms with van der Waals surface area (Å²) in [4.78, 5) is 33.5. The third-order valence-electron chi connectivity index (χ3n) is 9.38. The van der Waals surface area contributed by atoms with E-state index in [1.54, 1.807) is 90.3 Å². The van der Waals surface area contributed by atoms with Crippen LogP contribution >= 0.6 is 38.6 Å². The first-order valence-electron chi connectivity index (χ1n) is 21.5. The zero-order valence-corrected chi connectivity index (χ0v) is 44.9. The van der Waals surface area contributed by atoms with Gasteiger partial charge in [-0.1, -0.05) is 12.1 Å². The van der Waals surface area contributed by atoms with Crippen LogP contribution in [0.15, 0.2) is 62.4 Å². The number of carbonyl (C=O) groups excluding carboxylic acids is 2. The van der Waals surface area contributed by atoms with Crippen LogP contribution in [0.3, 0.4) is 0 Å². The van der Waals surface area contributed by atoms with Crippen molar-refractivity contribution in [2.75, 3.05) is 11.5 Å². The molecular formula is C45H67BrN8O8S4. The number of thiazole rings is 2. The van der Waals surface area contributed by atoms with Crippen molar-refractivity contribution >= 4 is 82.2 Å². The number of sulfonamides is 2. The van der Waals surface area contributed by atoms with Gasteiger partial charge in [-0.05, 0) is 161 Å². The van der Waals surface area contributed by atoms with Crippen molar-refractivity contribution in [2.24, 2.45) is 0 Å². The Morgan fingerprint density at radius 2 is 1.06 bits per heavy atom. The van der Waals surface area contributed by atoms with Gasteiger partial charge >= 0.3 is 12.2 Å². The van der Waals surface area contributed by atoms with Crippen molar-refractivity contribution in [1.29, 1.82) is 0 Å². The number of nitrogens with two attached hydrogens (primary N) is 2. The van der Waals surface area contributed by atoms with Gasteiger partial charge in [-0.3, -0.25) is 0 Å². The van der Waals surface area contributed by atoms with Gasteiger partial charge in [0, 0.05) is 58.1 Å². The summed E-state index contributed by atoms with van der Waals surface area (Å²) in [5.74, 6) is 0.691. The lowest BCUT2D eigenvalue weighted by Crippen LogP contribution is -2.45. The number of halogens is 1. The van der Waals surface area contributed by atoms with Gasteiger partial charge in [0.1, 0.15) is 11.2 Å². The van der Waals surface area contributed by atoms with Gasteiger partial charge in [0.2, 0.25) is 20.0 Å². The summed E-state index contributed by atoms with van der Waals surface area (Å²) in [6, 6.07) is 10.0. The number of anilines is 2. The molecule has 21 heteroatoms. The normalized spacial score (nSPS) is 18.8. The molecule has 2 heterocycles. The number of carbonyl (C=O) groups is 2. The fraction of sp³-hybridized carbons (Fsp3) is 0.556. The molecule has 66 heavy (non-hydrogen) atoms. The molecule has 2 aromatic heterocycles. The van der Waals surface area contributed by atoms with E-state index in [1.807, 2.05) is 47.7 Å². The minimum Gasteiger partial charge on any atom is -0.444 e. The minimum absolute atomic E-state index is 0.0469. The first-order chi connectivity index (χ1) is 30.1. The molecule has 0 saturated heterocycles. The number of aryl methyl sites for hydroxylation is 1. The lowest BCUT2D eigenvalue weighted by Gasteiger charge is -2.35. The highest BCUT2D eigenvalue weighted by molar-refractivity contribution is 9.11. The fourth-order valence-corrected chi connectivity index (χ4v) is 12.6. The Morgan fingerprint density at radius 1 is 0.652 bits per heavy atom. The second-order valence-corrected chi connectivity index (χ2v) is 27.4. The van der Waals surface area contributed by atoms with E-state index < -0.39 is 48.4 Å². The predicted octanol–water partition coefficient (Wildman–Crippen LogP) is 9.57. The number of hydrogen-bond donors (Lipinski definition) is 6. The Hall–Kier alpha value is -3.86. The molecule has 0 spiro atoms. The number of benzene rings is 2. The zero-order chi connectivity index (χ0) is 49.8. The zero-order valence-electron chi connectivity index (χ0n) is 40.1. The highest BCUT2D eigenvalue weighted by Crippen LogP contribution is 2.43. The number of amides is 2. The summed E-state index contributed by atoms with van der Waals surface area (Å²) in [5.41, 5.74) is 11.5. The first-order valence-corrected chi connectivity index (χ1v) is 26.9. The van der Waals surface area contributed by atoms with Gasteiger partial charge in [0.25, 0.3) is 0 Å². The van der Waals surface area contributed by atoms with Crippen molar-refractivity contribution in [2.45, 2.75) is 172 Å². The van der Waals surface area contributed by atoms with Crippen LogP contribution < -0.4 is 31.5 Å². The number of rotatable bonds is 9. The van der Waals surface area contributed by atoms with Gasteiger partial charge in [-0.25, -0.2) is 45.8 Å². The summed E-state index contributed by atoms with van der Waals surface area (Å²) >= 11 is 6.54. The number of nitrogens with one attached hydrogen (secondary N) is 4. The molecule has 2 fully saturated rings. The van der Waals surface area contributed by atoms with Crippen molar-refractivity contribution in [3.05, 3.63) is 68.2 Å². The topological polar surface area (TPSA) is 247 Å². The molecule has 366 valence electrons. The van der Waals surface area contributed by atoms with Crippen molar-refractivity contribution in [3.63, 3.8) is 0 Å². The maximum Gasteiger partial charge on any atom is 0.407 e. The Labute approximate surface area is 407 Å². The molecule has 0 bridgehead atoms. The maximum absolute atomic E-state index is 13.0. The summed E-state index contributed by atoms with van der Waals surface area (Å²) < 4.78 is 67.0. The number of alkyl carbamates (subject to hydrolysis) is 2. The van der Waals surface area contributed by atoms with E-state index in [9.17, 15) is 26.4 Å². The van der Waals surface area contributed by atoms with Crippen molar-refractivity contribution < 1.29 is 35.9 Å². The largest absolute Gasteiger partial charge is 0.444 e. The predicted molar refractivity (Wildman–Crippen MR) is 268 cm³/mol. The average molecular weight is 1060 g/mol. The maximum atomic E-state index is 13.0. The molecule has 2 saturated carbocycles. The van der Waals surface area contributed by atoms with Crippen LogP contribution in [0, 0.1) is 6.92 Å². The highest BCUT2D eigenvalue weighted by atomic mass is 79.9. The third-order valence-corrected chi connectivity index (χ3v) is 15.9. The molecule has 6 rings (SSSR count). The molecule has 2 aliphatic carbocycles. The van der Waals surface area contributed by atoms with Crippen LogP contribution in [0.4, 0.5) is 21.0 Å². The Balaban J connectivity index is 0.000000237.